The molecule has 0 unspecified atom stereocenters. The molecule has 8 heteroatoms. The molecule has 1 aromatic rings. The first-order chi connectivity index (χ1) is 8.51. The maximum atomic E-state index is 11.9. The Labute approximate surface area is 104 Å². The molecule has 0 aliphatic rings. The number of nitrogens with zero attached hydrogens (tertiary/aromatic N) is 3. The summed E-state index contributed by atoms with van der Waals surface area (Å²) < 4.78 is 37.2. The Morgan fingerprint density at radius 1 is 1.33 bits per heavy atom. The minimum Gasteiger partial charge on any atom is -0.329 e. The minimum absolute atomic E-state index is 0.149. The molecule has 0 radical (unpaired) electrons. The number of rotatable bonds is 8. The largest absolute Gasteiger partial charge is 0.389 e. The quantitative estimate of drug-likeness (QED) is 0.690. The van der Waals surface area contributed by atoms with Gasteiger partial charge in [-0.2, -0.15) is 13.2 Å². The lowest BCUT2D eigenvalue weighted by molar-refractivity contribution is -0.135. The maximum absolute atomic E-state index is 11.9. The first-order valence-corrected chi connectivity index (χ1v) is 5.88. The zero-order chi connectivity index (χ0) is 13.4. The van der Waals surface area contributed by atoms with E-state index in [-0.39, 0.29) is 6.42 Å². The van der Waals surface area contributed by atoms with Gasteiger partial charge in [0.1, 0.15) is 0 Å². The van der Waals surface area contributed by atoms with Gasteiger partial charge in [0.15, 0.2) is 0 Å². The van der Waals surface area contributed by atoms with E-state index in [0.29, 0.717) is 32.6 Å². The molecular weight excluding hydrogens is 247 g/mol. The van der Waals surface area contributed by atoms with E-state index in [0.717, 1.165) is 5.69 Å². The third-order valence-electron chi connectivity index (χ3n) is 2.31. The van der Waals surface area contributed by atoms with E-state index in [2.05, 4.69) is 15.6 Å². The Balaban J connectivity index is 2.07. The average Bonchev–Trinajstić information content (AvgIpc) is 2.70. The predicted octanol–water partition coefficient (Wildman–Crippen LogP) is 1.06. The van der Waals surface area contributed by atoms with Gasteiger partial charge in [-0.3, -0.25) is 4.68 Å². The first kappa shape index (κ1) is 14.9. The Hall–Kier alpha value is -1.15. The molecule has 1 heterocycles. The summed E-state index contributed by atoms with van der Waals surface area (Å²) in [7, 11) is 0. The van der Waals surface area contributed by atoms with Gasteiger partial charge in [0.25, 0.3) is 0 Å². The molecule has 0 aromatic carbocycles. The van der Waals surface area contributed by atoms with E-state index < -0.39 is 12.6 Å². The van der Waals surface area contributed by atoms with Gasteiger partial charge in [0.2, 0.25) is 0 Å². The van der Waals surface area contributed by atoms with Crippen LogP contribution >= 0.6 is 0 Å². The molecule has 0 spiro atoms. The van der Waals surface area contributed by atoms with Gasteiger partial charge < -0.3 is 11.1 Å². The predicted molar refractivity (Wildman–Crippen MR) is 60.7 cm³/mol. The van der Waals surface area contributed by atoms with Crippen LogP contribution in [0.25, 0.3) is 0 Å². The van der Waals surface area contributed by atoms with Gasteiger partial charge in [-0.15, -0.1) is 5.10 Å². The van der Waals surface area contributed by atoms with Crippen LogP contribution in [0.15, 0.2) is 6.20 Å². The summed E-state index contributed by atoms with van der Waals surface area (Å²) >= 11 is 0. The second-order valence-corrected chi connectivity index (χ2v) is 4.01. The maximum Gasteiger partial charge on any atom is 0.389 e. The lowest BCUT2D eigenvalue weighted by Crippen LogP contribution is -2.16. The first-order valence-electron chi connectivity index (χ1n) is 5.88. The summed E-state index contributed by atoms with van der Waals surface area (Å²) in [5.74, 6) is 0. The molecule has 5 nitrogen and oxygen atoms in total. The van der Waals surface area contributed by atoms with Crippen LogP contribution in [0.1, 0.15) is 25.0 Å². The second kappa shape index (κ2) is 7.32. The monoisotopic (exact) mass is 265 g/mol. The Morgan fingerprint density at radius 2 is 2.11 bits per heavy atom. The number of unbranched alkanes of at least 4 members (excludes halogenated alkanes) is 1. The smallest absolute Gasteiger partial charge is 0.329 e. The Kier molecular flexibility index (Phi) is 6.06. The van der Waals surface area contributed by atoms with E-state index in [1.165, 1.54) is 0 Å². The molecule has 0 fully saturated rings. The summed E-state index contributed by atoms with van der Waals surface area (Å²) in [5.41, 5.74) is 6.13. The fourth-order valence-corrected chi connectivity index (χ4v) is 1.45. The minimum atomic E-state index is -4.05. The van der Waals surface area contributed by atoms with Gasteiger partial charge in [-0.25, -0.2) is 0 Å². The van der Waals surface area contributed by atoms with Crippen molar-refractivity contribution in [2.45, 2.75) is 38.5 Å². The number of aromatic nitrogens is 3. The van der Waals surface area contributed by atoms with Crippen molar-refractivity contribution in [1.82, 2.24) is 20.3 Å². The second-order valence-electron chi connectivity index (χ2n) is 4.01. The summed E-state index contributed by atoms with van der Waals surface area (Å²) in [6.45, 7) is 2.16. The highest BCUT2D eigenvalue weighted by atomic mass is 19.4. The zero-order valence-electron chi connectivity index (χ0n) is 10.1. The van der Waals surface area contributed by atoms with Gasteiger partial charge in [0, 0.05) is 25.7 Å². The van der Waals surface area contributed by atoms with Crippen molar-refractivity contribution < 1.29 is 13.2 Å². The van der Waals surface area contributed by atoms with Crippen molar-refractivity contribution in [3.63, 3.8) is 0 Å². The van der Waals surface area contributed by atoms with Crippen LogP contribution in [0.2, 0.25) is 0 Å². The molecule has 104 valence electrons. The van der Waals surface area contributed by atoms with E-state index in [4.69, 9.17) is 5.73 Å². The fourth-order valence-electron chi connectivity index (χ4n) is 1.45. The number of hydrogen-bond acceptors (Lipinski definition) is 4. The van der Waals surface area contributed by atoms with Crippen molar-refractivity contribution in [2.75, 3.05) is 13.1 Å². The molecule has 0 aliphatic carbocycles. The van der Waals surface area contributed by atoms with Crippen molar-refractivity contribution in [3.05, 3.63) is 11.9 Å². The topological polar surface area (TPSA) is 68.8 Å². The third kappa shape index (κ3) is 6.55. The van der Waals surface area contributed by atoms with Crippen molar-refractivity contribution in [3.8, 4) is 0 Å². The zero-order valence-corrected chi connectivity index (χ0v) is 10.1. The average molecular weight is 265 g/mol. The molecule has 0 saturated carbocycles. The number of nitrogens with two attached hydrogens (primary N) is 1. The number of halogens is 3. The van der Waals surface area contributed by atoms with Crippen LogP contribution in [0.3, 0.4) is 0 Å². The Bertz CT molecular complexity index is 336. The SMILES string of the molecule is NCCn1cc(CNCCCCC(F)(F)F)nn1. The van der Waals surface area contributed by atoms with Crippen LogP contribution in [0, 0.1) is 0 Å². The van der Waals surface area contributed by atoms with E-state index in [1.807, 2.05) is 0 Å². The molecule has 0 atom stereocenters. The van der Waals surface area contributed by atoms with Crippen LogP contribution in [0.5, 0.6) is 0 Å². The van der Waals surface area contributed by atoms with Crippen LogP contribution in [-0.4, -0.2) is 34.3 Å². The highest BCUT2D eigenvalue weighted by Crippen LogP contribution is 2.21. The molecule has 0 amide bonds. The number of hydrogen-bond donors (Lipinski definition) is 2. The van der Waals surface area contributed by atoms with E-state index in [9.17, 15) is 13.2 Å². The Morgan fingerprint density at radius 3 is 2.78 bits per heavy atom. The van der Waals surface area contributed by atoms with Crippen molar-refractivity contribution in [2.24, 2.45) is 5.73 Å². The van der Waals surface area contributed by atoms with E-state index in [1.54, 1.807) is 10.9 Å². The highest BCUT2D eigenvalue weighted by Gasteiger charge is 2.25. The standard InChI is InChI=1S/C10H18F3N5/c11-10(12,13)3-1-2-5-15-7-9-8-18(6-4-14)17-16-9/h8,15H,1-7,14H2. The summed E-state index contributed by atoms with van der Waals surface area (Å²) in [6.07, 6.45) is -2.35. The molecular formula is C10H18F3N5. The van der Waals surface area contributed by atoms with Crippen LogP contribution in [-0.2, 0) is 13.1 Å². The van der Waals surface area contributed by atoms with Gasteiger partial charge in [-0.1, -0.05) is 5.21 Å². The normalized spacial score (nSPS) is 12.0. The van der Waals surface area contributed by atoms with Crippen molar-refractivity contribution in [1.29, 1.82) is 0 Å². The van der Waals surface area contributed by atoms with E-state index >= 15 is 0 Å². The molecule has 0 bridgehead atoms. The molecule has 0 aliphatic heterocycles. The fraction of sp³-hybridized carbons (Fsp3) is 0.800. The lowest BCUT2D eigenvalue weighted by atomic mass is 10.2. The van der Waals surface area contributed by atoms with Crippen molar-refractivity contribution >= 4 is 0 Å². The van der Waals surface area contributed by atoms with Gasteiger partial charge in [-0.05, 0) is 19.4 Å². The van der Waals surface area contributed by atoms with Crippen LogP contribution < -0.4 is 11.1 Å². The van der Waals surface area contributed by atoms with Crippen LogP contribution in [0.4, 0.5) is 13.2 Å². The van der Waals surface area contributed by atoms with Gasteiger partial charge >= 0.3 is 6.18 Å². The molecule has 3 N–H and O–H groups in total. The lowest BCUT2D eigenvalue weighted by Gasteiger charge is -2.05. The molecule has 18 heavy (non-hydrogen) atoms. The molecule has 1 aromatic heterocycles. The molecule has 0 saturated heterocycles. The number of alkyl halides is 3. The molecule has 1 rings (SSSR count). The summed E-state index contributed by atoms with van der Waals surface area (Å²) in [5, 5.41) is 10.8. The number of nitrogens with one attached hydrogen (secondary N) is 1. The highest BCUT2D eigenvalue weighted by molar-refractivity contribution is 4.91. The summed E-state index contributed by atoms with van der Waals surface area (Å²) in [4.78, 5) is 0. The summed E-state index contributed by atoms with van der Waals surface area (Å²) in [6, 6.07) is 0. The third-order valence-corrected chi connectivity index (χ3v) is 2.31. The van der Waals surface area contributed by atoms with Gasteiger partial charge in [0.05, 0.1) is 12.2 Å².